The summed E-state index contributed by atoms with van der Waals surface area (Å²) < 4.78 is 5.00. The first-order valence-corrected chi connectivity index (χ1v) is 6.89. The fourth-order valence-corrected chi connectivity index (χ4v) is 1.95. The molecule has 0 aliphatic heterocycles. The van der Waals surface area contributed by atoms with Gasteiger partial charge in [0.15, 0.2) is 5.82 Å². The normalized spacial score (nSPS) is 10.5. The molecule has 0 aliphatic carbocycles. The van der Waals surface area contributed by atoms with E-state index in [2.05, 4.69) is 16.7 Å². The molecule has 0 fully saturated rings. The molecule has 1 aromatic carbocycles. The van der Waals surface area contributed by atoms with E-state index in [1.54, 1.807) is 0 Å². The largest absolute Gasteiger partial charge is 0.478 e. The van der Waals surface area contributed by atoms with Crippen LogP contribution in [-0.2, 0) is 24.1 Å². The maximum atomic E-state index is 10.7. The Morgan fingerprint density at radius 2 is 2.00 bits per heavy atom. The number of carboxylic acids is 1. The number of carboxylic acid groups (broad SMARTS) is 1. The zero-order valence-corrected chi connectivity index (χ0v) is 12.1. The van der Waals surface area contributed by atoms with Gasteiger partial charge in [0.1, 0.15) is 0 Å². The van der Waals surface area contributed by atoms with Gasteiger partial charge in [-0.1, -0.05) is 35.5 Å². The molecule has 6 heteroatoms. The fraction of sp³-hybridized carbons (Fsp3) is 0.267. The van der Waals surface area contributed by atoms with Crippen LogP contribution in [0.3, 0.4) is 0 Å². The van der Waals surface area contributed by atoms with Gasteiger partial charge in [0.2, 0.25) is 5.89 Å². The molecule has 2 rings (SSSR count). The highest BCUT2D eigenvalue weighted by Crippen LogP contribution is 2.12. The molecule has 2 aromatic rings. The molecule has 0 aliphatic rings. The highest BCUT2D eigenvalue weighted by molar-refractivity contribution is 6.30. The number of halogens is 1. The lowest BCUT2D eigenvalue weighted by Crippen LogP contribution is -2.02. The van der Waals surface area contributed by atoms with Crippen LogP contribution in [0.15, 0.2) is 40.9 Å². The van der Waals surface area contributed by atoms with Crippen molar-refractivity contribution in [2.75, 3.05) is 0 Å². The highest BCUT2D eigenvalue weighted by atomic mass is 35.5. The summed E-state index contributed by atoms with van der Waals surface area (Å²) in [6.07, 6.45) is 2.51. The van der Waals surface area contributed by atoms with Crippen LogP contribution < -0.4 is 0 Å². The van der Waals surface area contributed by atoms with Crippen LogP contribution in [-0.4, -0.2) is 21.2 Å². The van der Waals surface area contributed by atoms with Crippen molar-refractivity contribution in [1.82, 2.24) is 10.1 Å². The van der Waals surface area contributed by atoms with E-state index in [0.717, 1.165) is 17.9 Å². The first-order chi connectivity index (χ1) is 10.0. The summed E-state index contributed by atoms with van der Waals surface area (Å²) in [5.74, 6) is -0.196. The van der Waals surface area contributed by atoms with E-state index in [1.807, 2.05) is 24.3 Å². The number of nitrogens with zero attached hydrogens (tertiary/aromatic N) is 2. The van der Waals surface area contributed by atoms with Crippen LogP contribution in [0.4, 0.5) is 0 Å². The minimum absolute atomic E-state index is 0.0337. The van der Waals surface area contributed by atoms with Crippen molar-refractivity contribution < 1.29 is 14.4 Å². The van der Waals surface area contributed by atoms with E-state index in [0.29, 0.717) is 12.2 Å². The number of benzene rings is 1. The van der Waals surface area contributed by atoms with Crippen molar-refractivity contribution in [1.29, 1.82) is 0 Å². The first kappa shape index (κ1) is 15.3. The molecule has 21 heavy (non-hydrogen) atoms. The molecule has 1 heterocycles. The second kappa shape index (κ2) is 7.04. The van der Waals surface area contributed by atoms with Crippen LogP contribution in [0, 0.1) is 0 Å². The summed E-state index contributed by atoms with van der Waals surface area (Å²) in [5, 5.41) is 13.3. The molecule has 5 nitrogen and oxygen atoms in total. The SMILES string of the molecule is C=C(Cc1nc(CCCc2ccc(Cl)cc2)no1)C(=O)O. The number of aryl methyl sites for hydroxylation is 2. The smallest absolute Gasteiger partial charge is 0.331 e. The van der Waals surface area contributed by atoms with Crippen molar-refractivity contribution in [2.45, 2.75) is 25.7 Å². The quantitative estimate of drug-likeness (QED) is 0.795. The second-order valence-electron chi connectivity index (χ2n) is 4.67. The zero-order chi connectivity index (χ0) is 15.2. The summed E-state index contributed by atoms with van der Waals surface area (Å²) in [7, 11) is 0. The molecule has 0 bridgehead atoms. The van der Waals surface area contributed by atoms with Gasteiger partial charge in [0, 0.05) is 17.0 Å². The average molecular weight is 307 g/mol. The lowest BCUT2D eigenvalue weighted by atomic mass is 10.1. The summed E-state index contributed by atoms with van der Waals surface area (Å²) >= 11 is 5.83. The second-order valence-corrected chi connectivity index (χ2v) is 5.11. The van der Waals surface area contributed by atoms with E-state index in [9.17, 15) is 4.79 Å². The van der Waals surface area contributed by atoms with Gasteiger partial charge in [-0.25, -0.2) is 4.79 Å². The Balaban J connectivity index is 1.81. The maximum Gasteiger partial charge on any atom is 0.331 e. The topological polar surface area (TPSA) is 76.2 Å². The molecule has 0 atom stereocenters. The lowest BCUT2D eigenvalue weighted by Gasteiger charge is -1.99. The molecule has 0 amide bonds. The van der Waals surface area contributed by atoms with Gasteiger partial charge in [-0.2, -0.15) is 4.98 Å². The van der Waals surface area contributed by atoms with E-state index in [-0.39, 0.29) is 17.9 Å². The van der Waals surface area contributed by atoms with Crippen molar-refractivity contribution in [3.63, 3.8) is 0 Å². The summed E-state index contributed by atoms with van der Waals surface area (Å²) in [6.45, 7) is 3.43. The van der Waals surface area contributed by atoms with Crippen LogP contribution in [0.2, 0.25) is 5.02 Å². The van der Waals surface area contributed by atoms with Gasteiger partial charge in [-0.3, -0.25) is 0 Å². The monoisotopic (exact) mass is 306 g/mol. The molecule has 0 saturated carbocycles. The van der Waals surface area contributed by atoms with E-state index >= 15 is 0 Å². The fourth-order valence-electron chi connectivity index (χ4n) is 1.82. The molecular weight excluding hydrogens is 292 g/mol. The molecule has 0 spiro atoms. The Labute approximate surface area is 127 Å². The molecular formula is C15H15ClN2O3. The number of hydrogen-bond donors (Lipinski definition) is 1. The van der Waals surface area contributed by atoms with Gasteiger partial charge < -0.3 is 9.63 Å². The molecule has 1 N–H and O–H groups in total. The number of hydrogen-bond acceptors (Lipinski definition) is 4. The first-order valence-electron chi connectivity index (χ1n) is 6.51. The minimum atomic E-state index is -1.06. The van der Waals surface area contributed by atoms with Crippen molar-refractivity contribution in [2.24, 2.45) is 0 Å². The molecule has 1 aromatic heterocycles. The zero-order valence-electron chi connectivity index (χ0n) is 11.4. The standard InChI is InChI=1S/C15H15ClN2O3/c1-10(15(19)20)9-14-17-13(18-21-14)4-2-3-11-5-7-12(16)8-6-11/h5-8H,1-4,9H2,(H,19,20). The third-order valence-electron chi connectivity index (χ3n) is 2.96. The number of aliphatic carboxylic acids is 1. The van der Waals surface area contributed by atoms with E-state index in [1.165, 1.54) is 5.56 Å². The third kappa shape index (κ3) is 4.72. The predicted octanol–water partition coefficient (Wildman–Crippen LogP) is 3.08. The van der Waals surface area contributed by atoms with Gasteiger partial charge >= 0.3 is 5.97 Å². The number of rotatable bonds is 7. The Morgan fingerprint density at radius 1 is 1.29 bits per heavy atom. The maximum absolute atomic E-state index is 10.7. The highest BCUT2D eigenvalue weighted by Gasteiger charge is 2.11. The van der Waals surface area contributed by atoms with Gasteiger partial charge in [-0.05, 0) is 30.5 Å². The van der Waals surface area contributed by atoms with E-state index < -0.39 is 5.97 Å². The van der Waals surface area contributed by atoms with Crippen molar-refractivity contribution >= 4 is 17.6 Å². The van der Waals surface area contributed by atoms with Gasteiger partial charge in [0.05, 0.1) is 6.42 Å². The average Bonchev–Trinajstić information content (AvgIpc) is 2.88. The number of carbonyl (C=O) groups is 1. The summed E-state index contributed by atoms with van der Waals surface area (Å²) in [4.78, 5) is 14.8. The molecule has 0 unspecified atom stereocenters. The van der Waals surface area contributed by atoms with Crippen molar-refractivity contribution in [3.8, 4) is 0 Å². The van der Waals surface area contributed by atoms with Crippen LogP contribution >= 0.6 is 11.6 Å². The molecule has 110 valence electrons. The van der Waals surface area contributed by atoms with Crippen LogP contribution in [0.5, 0.6) is 0 Å². The molecule has 0 saturated heterocycles. The summed E-state index contributed by atoms with van der Waals surface area (Å²) in [6, 6.07) is 7.70. The summed E-state index contributed by atoms with van der Waals surface area (Å²) in [5.41, 5.74) is 1.23. The predicted molar refractivity (Wildman–Crippen MR) is 78.3 cm³/mol. The minimum Gasteiger partial charge on any atom is -0.478 e. The Morgan fingerprint density at radius 3 is 2.67 bits per heavy atom. The number of aromatic nitrogens is 2. The lowest BCUT2D eigenvalue weighted by molar-refractivity contribution is -0.132. The van der Waals surface area contributed by atoms with E-state index in [4.69, 9.17) is 21.2 Å². The third-order valence-corrected chi connectivity index (χ3v) is 3.21. The van der Waals surface area contributed by atoms with Crippen molar-refractivity contribution in [3.05, 3.63) is 58.7 Å². The van der Waals surface area contributed by atoms with Gasteiger partial charge in [-0.15, -0.1) is 0 Å². The van der Waals surface area contributed by atoms with Crippen LogP contribution in [0.1, 0.15) is 23.7 Å². The van der Waals surface area contributed by atoms with Crippen LogP contribution in [0.25, 0.3) is 0 Å². The molecule has 0 radical (unpaired) electrons. The Hall–Kier alpha value is -2.14. The van der Waals surface area contributed by atoms with Gasteiger partial charge in [0.25, 0.3) is 0 Å². The Bertz CT molecular complexity index is 635. The Kier molecular flexibility index (Phi) is 5.11.